The fraction of sp³-hybridized carbons (Fsp3) is 0.167. The van der Waals surface area contributed by atoms with E-state index in [1.807, 2.05) is 48.9 Å². The highest BCUT2D eigenvalue weighted by Gasteiger charge is 2.15. The number of benzene rings is 1. The highest BCUT2D eigenvalue weighted by Crippen LogP contribution is 2.31. The number of fused-ring (bicyclic) bond motifs is 1. The summed E-state index contributed by atoms with van der Waals surface area (Å²) < 4.78 is 7.34. The maximum atomic E-state index is 6.26. The molecule has 0 radical (unpaired) electrons. The Kier molecular flexibility index (Phi) is 4.23. The molecule has 0 unspecified atom stereocenters. The predicted octanol–water partition coefficient (Wildman–Crippen LogP) is 4.88. The van der Waals surface area contributed by atoms with Crippen LogP contribution in [-0.2, 0) is 12.8 Å². The van der Waals surface area contributed by atoms with E-state index in [9.17, 15) is 0 Å². The first-order valence-electron chi connectivity index (χ1n) is 7.74. The van der Waals surface area contributed by atoms with Crippen LogP contribution in [-0.4, -0.2) is 19.7 Å². The lowest BCUT2D eigenvalue weighted by Gasteiger charge is -2.07. The van der Waals surface area contributed by atoms with Crippen molar-refractivity contribution >= 4 is 34.3 Å². The van der Waals surface area contributed by atoms with Gasteiger partial charge in [-0.3, -0.25) is 4.98 Å². The van der Waals surface area contributed by atoms with Crippen LogP contribution in [0.25, 0.3) is 22.3 Å². The molecule has 4 aromatic rings. The topological polar surface area (TPSA) is 56.7 Å². The Hall–Kier alpha value is -2.31. The molecule has 0 aliphatic carbocycles. The van der Waals surface area contributed by atoms with Gasteiger partial charge in [-0.15, -0.1) is 10.2 Å². The van der Waals surface area contributed by atoms with Crippen molar-refractivity contribution in [3.05, 3.63) is 59.1 Å². The molecule has 0 saturated carbocycles. The number of thioether (sulfide) groups is 1. The summed E-state index contributed by atoms with van der Waals surface area (Å²) in [7, 11) is 1.96. The average molecular weight is 371 g/mol. The van der Waals surface area contributed by atoms with Gasteiger partial charge in [0.1, 0.15) is 5.76 Å². The monoisotopic (exact) mass is 370 g/mol. The first-order chi connectivity index (χ1) is 12.1. The van der Waals surface area contributed by atoms with Crippen LogP contribution in [0, 0.1) is 6.92 Å². The molecule has 0 N–H and O–H groups in total. The minimum atomic E-state index is 0.716. The normalized spacial score (nSPS) is 11.3. The highest BCUT2D eigenvalue weighted by molar-refractivity contribution is 7.98. The van der Waals surface area contributed by atoms with Gasteiger partial charge in [-0.05, 0) is 36.8 Å². The van der Waals surface area contributed by atoms with E-state index < -0.39 is 0 Å². The molecule has 1 aromatic carbocycles. The largest absolute Gasteiger partial charge is 0.469 e. The smallest absolute Gasteiger partial charge is 0.191 e. The summed E-state index contributed by atoms with van der Waals surface area (Å²) in [6.07, 6.45) is 3.45. The summed E-state index contributed by atoms with van der Waals surface area (Å²) in [6, 6.07) is 9.72. The zero-order valence-corrected chi connectivity index (χ0v) is 15.3. The molecule has 4 rings (SSSR count). The van der Waals surface area contributed by atoms with Gasteiger partial charge in [-0.1, -0.05) is 29.4 Å². The minimum Gasteiger partial charge on any atom is -0.469 e. The predicted molar refractivity (Wildman–Crippen MR) is 99.8 cm³/mol. The molecule has 0 fully saturated rings. The second-order valence-electron chi connectivity index (χ2n) is 5.65. The molecule has 0 aliphatic heterocycles. The van der Waals surface area contributed by atoms with Crippen molar-refractivity contribution in [2.24, 2.45) is 7.05 Å². The SMILES string of the molecule is Cc1occc1-c1nnc(SCc2ccc(Cl)c3cccnc23)n1C. The van der Waals surface area contributed by atoms with Gasteiger partial charge in [-0.25, -0.2) is 0 Å². The summed E-state index contributed by atoms with van der Waals surface area (Å²) in [6.45, 7) is 1.92. The van der Waals surface area contributed by atoms with E-state index in [2.05, 4.69) is 15.2 Å². The van der Waals surface area contributed by atoms with Crippen molar-refractivity contribution in [1.82, 2.24) is 19.7 Å². The Balaban J connectivity index is 1.62. The number of hydrogen-bond acceptors (Lipinski definition) is 5. The van der Waals surface area contributed by atoms with E-state index in [1.165, 1.54) is 0 Å². The van der Waals surface area contributed by atoms with Gasteiger partial charge in [0.05, 0.1) is 17.3 Å². The zero-order valence-electron chi connectivity index (χ0n) is 13.7. The Morgan fingerprint density at radius 2 is 2.08 bits per heavy atom. The standard InChI is InChI=1S/C18H15ClN4OS/c1-11-13(7-9-24-11)17-21-22-18(23(17)2)25-10-12-5-6-15(19)14-4-3-8-20-16(12)14/h3-9H,10H2,1-2H3. The lowest BCUT2D eigenvalue weighted by Crippen LogP contribution is -1.95. The van der Waals surface area contributed by atoms with E-state index in [0.29, 0.717) is 5.02 Å². The molecule has 126 valence electrons. The van der Waals surface area contributed by atoms with E-state index in [-0.39, 0.29) is 0 Å². The summed E-state index contributed by atoms with van der Waals surface area (Å²) in [5, 5.41) is 11.1. The van der Waals surface area contributed by atoms with E-state index in [1.54, 1.807) is 24.2 Å². The lowest BCUT2D eigenvalue weighted by atomic mass is 10.1. The Bertz CT molecular complexity index is 1060. The molecular weight excluding hydrogens is 356 g/mol. The number of nitrogens with zero attached hydrogens (tertiary/aromatic N) is 4. The molecule has 0 aliphatic rings. The average Bonchev–Trinajstić information content (AvgIpc) is 3.20. The van der Waals surface area contributed by atoms with Crippen molar-refractivity contribution in [2.45, 2.75) is 17.8 Å². The molecule has 3 heterocycles. The minimum absolute atomic E-state index is 0.716. The number of furan rings is 1. The highest BCUT2D eigenvalue weighted by atomic mass is 35.5. The molecule has 0 saturated heterocycles. The number of rotatable bonds is 4. The first-order valence-corrected chi connectivity index (χ1v) is 9.10. The van der Waals surface area contributed by atoms with Gasteiger partial charge in [0, 0.05) is 29.4 Å². The number of pyridine rings is 1. The van der Waals surface area contributed by atoms with Gasteiger partial charge >= 0.3 is 0 Å². The number of aromatic nitrogens is 4. The Morgan fingerprint density at radius 3 is 2.88 bits per heavy atom. The molecule has 0 atom stereocenters. The van der Waals surface area contributed by atoms with Crippen LogP contribution >= 0.6 is 23.4 Å². The van der Waals surface area contributed by atoms with Crippen LogP contribution < -0.4 is 0 Å². The van der Waals surface area contributed by atoms with Gasteiger partial charge in [0.2, 0.25) is 0 Å². The summed E-state index contributed by atoms with van der Waals surface area (Å²) >= 11 is 7.88. The quantitative estimate of drug-likeness (QED) is 0.479. The molecule has 0 amide bonds. The second kappa shape index (κ2) is 6.54. The maximum absolute atomic E-state index is 6.26. The van der Waals surface area contributed by atoms with Crippen molar-refractivity contribution in [1.29, 1.82) is 0 Å². The van der Waals surface area contributed by atoms with Gasteiger partial charge in [0.25, 0.3) is 0 Å². The molecule has 3 aromatic heterocycles. The Labute approximate surface area is 154 Å². The number of hydrogen-bond donors (Lipinski definition) is 0. The molecule has 25 heavy (non-hydrogen) atoms. The number of aryl methyl sites for hydroxylation is 1. The third-order valence-corrected chi connectivity index (χ3v) is 5.49. The van der Waals surface area contributed by atoms with Crippen LogP contribution in [0.4, 0.5) is 0 Å². The Morgan fingerprint density at radius 1 is 1.20 bits per heavy atom. The fourth-order valence-electron chi connectivity index (χ4n) is 2.75. The van der Waals surface area contributed by atoms with Crippen molar-refractivity contribution in [3.63, 3.8) is 0 Å². The third kappa shape index (κ3) is 2.92. The molecule has 0 spiro atoms. The van der Waals surface area contributed by atoms with Crippen LogP contribution in [0.1, 0.15) is 11.3 Å². The van der Waals surface area contributed by atoms with Crippen molar-refractivity contribution < 1.29 is 4.42 Å². The van der Waals surface area contributed by atoms with Gasteiger partial charge in [-0.2, -0.15) is 0 Å². The molecular formula is C18H15ClN4OS. The maximum Gasteiger partial charge on any atom is 0.191 e. The van der Waals surface area contributed by atoms with E-state index in [4.69, 9.17) is 16.0 Å². The fourth-order valence-corrected chi connectivity index (χ4v) is 3.86. The van der Waals surface area contributed by atoms with Gasteiger partial charge < -0.3 is 8.98 Å². The van der Waals surface area contributed by atoms with Crippen LogP contribution in [0.15, 0.2) is 52.4 Å². The third-order valence-electron chi connectivity index (χ3n) is 4.09. The summed E-state index contributed by atoms with van der Waals surface area (Å²) in [5.74, 6) is 2.37. The molecule has 7 heteroatoms. The van der Waals surface area contributed by atoms with Crippen molar-refractivity contribution in [3.8, 4) is 11.4 Å². The lowest BCUT2D eigenvalue weighted by molar-refractivity contribution is 0.534. The summed E-state index contributed by atoms with van der Waals surface area (Å²) in [5.41, 5.74) is 3.00. The van der Waals surface area contributed by atoms with Crippen LogP contribution in [0.3, 0.4) is 0 Å². The van der Waals surface area contributed by atoms with Gasteiger partial charge in [0.15, 0.2) is 11.0 Å². The van der Waals surface area contributed by atoms with Crippen LogP contribution in [0.5, 0.6) is 0 Å². The first kappa shape index (κ1) is 16.2. The zero-order chi connectivity index (χ0) is 17.4. The molecule has 5 nitrogen and oxygen atoms in total. The van der Waals surface area contributed by atoms with Crippen LogP contribution in [0.2, 0.25) is 5.02 Å². The number of halogens is 1. The molecule has 0 bridgehead atoms. The second-order valence-corrected chi connectivity index (χ2v) is 7.00. The van der Waals surface area contributed by atoms with E-state index >= 15 is 0 Å². The van der Waals surface area contributed by atoms with Crippen molar-refractivity contribution in [2.75, 3.05) is 0 Å². The summed E-state index contributed by atoms with van der Waals surface area (Å²) in [4.78, 5) is 4.48. The van der Waals surface area contributed by atoms with E-state index in [0.717, 1.165) is 44.5 Å².